The van der Waals surface area contributed by atoms with Gasteiger partial charge in [0.2, 0.25) is 10.0 Å². The SMILES string of the molecule is COc1cc(S(=O)(=O)N2CC[NH+](C)CC2)c(OC)cc1C. The van der Waals surface area contributed by atoms with Gasteiger partial charge in [0.25, 0.3) is 0 Å². The molecular weight excluding hydrogens is 292 g/mol. The number of benzene rings is 1. The minimum absolute atomic E-state index is 0.173. The summed E-state index contributed by atoms with van der Waals surface area (Å²) in [5.74, 6) is 0.911. The van der Waals surface area contributed by atoms with Crippen molar-refractivity contribution < 1.29 is 22.8 Å². The Morgan fingerprint density at radius 3 is 2.19 bits per heavy atom. The zero-order valence-electron chi connectivity index (χ0n) is 13.0. The highest BCUT2D eigenvalue weighted by molar-refractivity contribution is 7.89. The van der Waals surface area contributed by atoms with Crippen molar-refractivity contribution in [2.75, 3.05) is 47.4 Å². The number of methoxy groups -OCH3 is 2. The quantitative estimate of drug-likeness (QED) is 0.816. The second kappa shape index (κ2) is 6.21. The van der Waals surface area contributed by atoms with Crippen LogP contribution in [0.25, 0.3) is 0 Å². The molecule has 0 bridgehead atoms. The van der Waals surface area contributed by atoms with E-state index in [9.17, 15) is 8.42 Å². The number of aryl methyl sites for hydroxylation is 1. The predicted molar refractivity (Wildman–Crippen MR) is 79.7 cm³/mol. The molecule has 0 unspecified atom stereocenters. The molecule has 0 spiro atoms. The minimum Gasteiger partial charge on any atom is -0.496 e. The van der Waals surface area contributed by atoms with Gasteiger partial charge in [0.15, 0.2) is 0 Å². The summed E-state index contributed by atoms with van der Waals surface area (Å²) in [5.41, 5.74) is 0.844. The Morgan fingerprint density at radius 2 is 1.67 bits per heavy atom. The van der Waals surface area contributed by atoms with Crippen LogP contribution >= 0.6 is 0 Å². The van der Waals surface area contributed by atoms with Crippen LogP contribution in [0.1, 0.15) is 5.56 Å². The van der Waals surface area contributed by atoms with Crippen LogP contribution in [0, 0.1) is 6.92 Å². The molecule has 118 valence electrons. The molecule has 1 saturated heterocycles. The van der Waals surface area contributed by atoms with E-state index in [0.29, 0.717) is 24.6 Å². The molecular formula is C14H23N2O4S+. The lowest BCUT2D eigenvalue weighted by Gasteiger charge is -2.29. The number of nitrogens with zero attached hydrogens (tertiary/aromatic N) is 1. The zero-order valence-corrected chi connectivity index (χ0v) is 13.8. The molecule has 1 aliphatic heterocycles. The Kier molecular flexibility index (Phi) is 4.75. The van der Waals surface area contributed by atoms with Crippen molar-refractivity contribution in [3.63, 3.8) is 0 Å². The van der Waals surface area contributed by atoms with Gasteiger partial charge < -0.3 is 14.4 Å². The van der Waals surface area contributed by atoms with Gasteiger partial charge in [-0.2, -0.15) is 4.31 Å². The minimum atomic E-state index is -3.56. The van der Waals surface area contributed by atoms with E-state index in [1.165, 1.54) is 23.4 Å². The summed E-state index contributed by atoms with van der Waals surface area (Å²) in [4.78, 5) is 1.52. The van der Waals surface area contributed by atoms with Crippen LogP contribution in [0.15, 0.2) is 17.0 Å². The molecule has 21 heavy (non-hydrogen) atoms. The fraction of sp³-hybridized carbons (Fsp3) is 0.571. The average Bonchev–Trinajstić information content (AvgIpc) is 2.47. The normalized spacial score (nSPS) is 17.7. The van der Waals surface area contributed by atoms with Crippen LogP contribution < -0.4 is 14.4 Å². The summed E-state index contributed by atoms with van der Waals surface area (Å²) in [7, 11) is 1.52. The number of sulfonamides is 1. The number of quaternary nitrogens is 1. The van der Waals surface area contributed by atoms with E-state index in [2.05, 4.69) is 7.05 Å². The van der Waals surface area contributed by atoms with Crippen LogP contribution in [0.4, 0.5) is 0 Å². The molecule has 2 rings (SSSR count). The van der Waals surface area contributed by atoms with Gasteiger partial charge in [0.1, 0.15) is 16.4 Å². The molecule has 1 aromatic carbocycles. The molecule has 1 fully saturated rings. The van der Waals surface area contributed by atoms with Crippen LogP contribution in [-0.2, 0) is 10.0 Å². The lowest BCUT2D eigenvalue weighted by Crippen LogP contribution is -3.12. The molecule has 0 atom stereocenters. The first-order valence-electron chi connectivity index (χ1n) is 6.94. The smallest absolute Gasteiger partial charge is 0.247 e. The van der Waals surface area contributed by atoms with Crippen molar-refractivity contribution in [3.8, 4) is 11.5 Å². The summed E-state index contributed by atoms with van der Waals surface area (Å²) in [6, 6.07) is 3.25. The van der Waals surface area contributed by atoms with Crippen molar-refractivity contribution in [3.05, 3.63) is 17.7 Å². The number of rotatable bonds is 4. The van der Waals surface area contributed by atoms with Gasteiger partial charge in [-0.05, 0) is 18.6 Å². The first-order valence-corrected chi connectivity index (χ1v) is 8.38. The van der Waals surface area contributed by atoms with Gasteiger partial charge in [0, 0.05) is 6.07 Å². The average molecular weight is 315 g/mol. The summed E-state index contributed by atoms with van der Waals surface area (Å²) in [5, 5.41) is 0. The zero-order chi connectivity index (χ0) is 15.6. The Balaban J connectivity index is 2.43. The number of nitrogens with one attached hydrogen (secondary N) is 1. The van der Waals surface area contributed by atoms with Crippen molar-refractivity contribution in [1.29, 1.82) is 0 Å². The maximum absolute atomic E-state index is 12.8. The van der Waals surface area contributed by atoms with E-state index < -0.39 is 10.0 Å². The summed E-state index contributed by atoms with van der Waals surface area (Å²) < 4.78 is 37.7. The van der Waals surface area contributed by atoms with E-state index >= 15 is 0 Å². The van der Waals surface area contributed by atoms with Gasteiger partial charge in [-0.1, -0.05) is 0 Å². The van der Waals surface area contributed by atoms with Crippen LogP contribution in [0.2, 0.25) is 0 Å². The number of piperazine rings is 1. The molecule has 7 heteroatoms. The van der Waals surface area contributed by atoms with Gasteiger partial charge >= 0.3 is 0 Å². The highest BCUT2D eigenvalue weighted by atomic mass is 32.2. The summed E-state index contributed by atoms with van der Waals surface area (Å²) in [6.45, 7) is 4.52. The Bertz CT molecular complexity index is 608. The van der Waals surface area contributed by atoms with Crippen LogP contribution in [0.3, 0.4) is 0 Å². The highest BCUT2D eigenvalue weighted by Crippen LogP contribution is 2.33. The molecule has 6 nitrogen and oxygen atoms in total. The fourth-order valence-corrected chi connectivity index (χ4v) is 4.07. The molecule has 1 N–H and O–H groups in total. The molecule has 0 aromatic heterocycles. The Labute approximate surface area is 126 Å². The first-order chi connectivity index (χ1) is 9.90. The Hall–Kier alpha value is -1.31. The van der Waals surface area contributed by atoms with E-state index in [0.717, 1.165) is 18.7 Å². The lowest BCUT2D eigenvalue weighted by molar-refractivity contribution is -0.883. The maximum Gasteiger partial charge on any atom is 0.247 e. The van der Waals surface area contributed by atoms with E-state index in [-0.39, 0.29) is 4.90 Å². The first kappa shape index (κ1) is 16.1. The largest absolute Gasteiger partial charge is 0.496 e. The molecule has 1 aromatic rings. The van der Waals surface area contributed by atoms with Crippen molar-refractivity contribution in [2.45, 2.75) is 11.8 Å². The van der Waals surface area contributed by atoms with E-state index in [4.69, 9.17) is 9.47 Å². The number of hydrogen-bond acceptors (Lipinski definition) is 4. The fourth-order valence-electron chi connectivity index (χ4n) is 2.47. The Morgan fingerprint density at radius 1 is 1.10 bits per heavy atom. The molecule has 0 radical (unpaired) electrons. The number of ether oxygens (including phenoxy) is 2. The van der Waals surface area contributed by atoms with Crippen molar-refractivity contribution >= 4 is 10.0 Å². The monoisotopic (exact) mass is 315 g/mol. The highest BCUT2D eigenvalue weighted by Gasteiger charge is 2.32. The predicted octanol–water partition coefficient (Wildman–Crippen LogP) is -0.469. The maximum atomic E-state index is 12.8. The van der Waals surface area contributed by atoms with E-state index in [1.807, 2.05) is 6.92 Å². The molecule has 0 amide bonds. The van der Waals surface area contributed by atoms with Gasteiger partial charge in [-0.25, -0.2) is 8.42 Å². The summed E-state index contributed by atoms with van der Waals surface area (Å²) in [6.07, 6.45) is 0. The van der Waals surface area contributed by atoms with Crippen LogP contribution in [0.5, 0.6) is 11.5 Å². The molecule has 1 aliphatic rings. The molecule has 1 heterocycles. The van der Waals surface area contributed by atoms with Crippen molar-refractivity contribution in [2.24, 2.45) is 0 Å². The molecule has 0 saturated carbocycles. The second-order valence-electron chi connectivity index (χ2n) is 5.33. The third kappa shape index (κ3) is 3.14. The second-order valence-corrected chi connectivity index (χ2v) is 7.24. The third-order valence-electron chi connectivity index (χ3n) is 3.87. The van der Waals surface area contributed by atoms with Crippen LogP contribution in [-0.4, -0.2) is 60.2 Å². The van der Waals surface area contributed by atoms with Gasteiger partial charge in [-0.3, -0.25) is 0 Å². The lowest BCUT2D eigenvalue weighted by atomic mass is 10.2. The van der Waals surface area contributed by atoms with Gasteiger partial charge in [-0.15, -0.1) is 0 Å². The number of hydrogen-bond donors (Lipinski definition) is 1. The van der Waals surface area contributed by atoms with Crippen molar-refractivity contribution in [1.82, 2.24) is 4.31 Å². The van der Waals surface area contributed by atoms with Gasteiger partial charge in [0.05, 0.1) is 47.4 Å². The third-order valence-corrected chi connectivity index (χ3v) is 5.79. The molecule has 0 aliphatic carbocycles. The number of likely N-dealkylation sites (N-methyl/N-ethyl adjacent to an activating group) is 1. The van der Waals surface area contributed by atoms with E-state index in [1.54, 1.807) is 12.1 Å². The standard InChI is InChI=1S/C14H22N2O4S/c1-11-9-13(20-4)14(10-12(11)19-3)21(17,18)16-7-5-15(2)6-8-16/h9-10H,5-8H2,1-4H3/p+1. The summed E-state index contributed by atoms with van der Waals surface area (Å²) >= 11 is 0. The topological polar surface area (TPSA) is 60.3 Å².